The number of hydrogen-bond donors (Lipinski definition) is 2. The minimum Gasteiger partial charge on any atom is -0.440 e. The molecule has 0 aromatic carbocycles. The summed E-state index contributed by atoms with van der Waals surface area (Å²) in [6.45, 7) is 8.60. The largest absolute Gasteiger partial charge is 0.440 e. The van der Waals surface area contributed by atoms with Crippen molar-refractivity contribution in [3.05, 3.63) is 12.0 Å². The second-order valence-corrected chi connectivity index (χ2v) is 6.40. The molecule has 0 radical (unpaired) electrons. The Bertz CT molecular complexity index is 422. The van der Waals surface area contributed by atoms with Crippen LogP contribution < -0.4 is 11.1 Å². The molecule has 0 aliphatic rings. The molecule has 0 saturated heterocycles. The van der Waals surface area contributed by atoms with Crippen LogP contribution in [0.3, 0.4) is 0 Å². The van der Waals surface area contributed by atoms with Crippen molar-refractivity contribution in [1.29, 1.82) is 0 Å². The first-order valence-electron chi connectivity index (χ1n) is 6.51. The quantitative estimate of drug-likeness (QED) is 0.715. The lowest BCUT2D eigenvalue weighted by molar-refractivity contribution is -0.124. The third kappa shape index (κ3) is 4.87. The third-order valence-corrected chi connectivity index (χ3v) is 3.86. The molecule has 6 heteroatoms. The number of amides is 1. The first-order chi connectivity index (χ1) is 8.87. The third-order valence-electron chi connectivity index (χ3n) is 2.90. The molecule has 0 spiro atoms. The van der Waals surface area contributed by atoms with Gasteiger partial charge >= 0.3 is 0 Å². The monoisotopic (exact) mass is 285 g/mol. The average Bonchev–Trinajstić information content (AvgIpc) is 2.71. The summed E-state index contributed by atoms with van der Waals surface area (Å²) in [5.74, 6) is -0.322. The summed E-state index contributed by atoms with van der Waals surface area (Å²) >= 11 is 1.52. The van der Waals surface area contributed by atoms with Crippen LogP contribution in [0.2, 0.25) is 0 Å². The maximum Gasteiger partial charge on any atom is 0.256 e. The molecule has 1 heterocycles. The molecule has 108 valence electrons. The predicted octanol–water partition coefficient (Wildman–Crippen LogP) is 2.10. The van der Waals surface area contributed by atoms with Crippen LogP contribution in [0.4, 0.5) is 0 Å². The van der Waals surface area contributed by atoms with Crippen molar-refractivity contribution in [2.45, 2.75) is 56.5 Å². The van der Waals surface area contributed by atoms with E-state index in [-0.39, 0.29) is 11.2 Å². The molecule has 1 aromatic heterocycles. The Labute approximate surface area is 118 Å². The Hall–Kier alpha value is -1.01. The number of carbonyl (C=O) groups is 1. The van der Waals surface area contributed by atoms with E-state index in [1.54, 1.807) is 6.26 Å². The normalized spacial score (nSPS) is 16.0. The van der Waals surface area contributed by atoms with Gasteiger partial charge in [-0.05, 0) is 33.2 Å². The highest BCUT2D eigenvalue weighted by Crippen LogP contribution is 2.28. The number of aromatic nitrogens is 1. The van der Waals surface area contributed by atoms with Crippen molar-refractivity contribution in [2.75, 3.05) is 6.54 Å². The molecule has 1 aromatic rings. The second kappa shape index (κ2) is 6.96. The number of oxazole rings is 1. The Morgan fingerprint density at radius 1 is 1.68 bits per heavy atom. The van der Waals surface area contributed by atoms with Crippen LogP contribution in [0, 0.1) is 6.92 Å². The number of nitrogens with two attached hydrogens (primary N) is 1. The van der Waals surface area contributed by atoms with Crippen molar-refractivity contribution in [2.24, 2.45) is 5.73 Å². The minimum absolute atomic E-state index is 0.180. The summed E-state index contributed by atoms with van der Waals surface area (Å²) in [7, 11) is 0. The summed E-state index contributed by atoms with van der Waals surface area (Å²) in [5.41, 5.74) is 5.68. The zero-order valence-electron chi connectivity index (χ0n) is 12.0. The fourth-order valence-corrected chi connectivity index (χ4v) is 2.90. The zero-order valence-corrected chi connectivity index (χ0v) is 12.8. The summed E-state index contributed by atoms with van der Waals surface area (Å²) in [5, 5.41) is 4.04. The van der Waals surface area contributed by atoms with E-state index in [1.165, 1.54) is 11.8 Å². The Balaban J connectivity index is 2.60. The van der Waals surface area contributed by atoms with Gasteiger partial charge in [0.05, 0.1) is 11.2 Å². The van der Waals surface area contributed by atoms with Gasteiger partial charge in [-0.1, -0.05) is 25.6 Å². The van der Waals surface area contributed by atoms with Crippen molar-refractivity contribution in [3.8, 4) is 0 Å². The molecule has 1 amide bonds. The van der Waals surface area contributed by atoms with Gasteiger partial charge in [0, 0.05) is 5.25 Å². The highest BCUT2D eigenvalue weighted by atomic mass is 32.2. The van der Waals surface area contributed by atoms with Gasteiger partial charge in [-0.25, -0.2) is 4.98 Å². The molecule has 0 saturated carbocycles. The molecule has 0 bridgehead atoms. The predicted molar refractivity (Wildman–Crippen MR) is 77.1 cm³/mol. The summed E-state index contributed by atoms with van der Waals surface area (Å²) in [6.07, 6.45) is 3.22. The van der Waals surface area contributed by atoms with Crippen LogP contribution >= 0.6 is 11.8 Å². The molecule has 2 atom stereocenters. The van der Waals surface area contributed by atoms with E-state index in [2.05, 4.69) is 17.2 Å². The van der Waals surface area contributed by atoms with Crippen molar-refractivity contribution in [3.63, 3.8) is 0 Å². The lowest BCUT2D eigenvalue weighted by Crippen LogP contribution is -2.54. The number of nitrogens with zero attached hydrogens (tertiary/aromatic N) is 1. The molecule has 3 N–H and O–H groups in total. The number of primary amides is 1. The Kier molecular flexibility index (Phi) is 5.87. The van der Waals surface area contributed by atoms with Crippen LogP contribution in [0.1, 0.15) is 39.3 Å². The van der Waals surface area contributed by atoms with Crippen LogP contribution in [0.15, 0.2) is 15.9 Å². The number of nitrogens with one attached hydrogen (secondary N) is 1. The summed E-state index contributed by atoms with van der Waals surface area (Å²) < 4.78 is 5.31. The zero-order chi connectivity index (χ0) is 14.5. The van der Waals surface area contributed by atoms with Gasteiger partial charge in [-0.3, -0.25) is 4.79 Å². The number of thioether (sulfide) groups is 1. The maximum atomic E-state index is 11.6. The van der Waals surface area contributed by atoms with Crippen LogP contribution in [-0.4, -0.2) is 28.2 Å². The fraction of sp³-hybridized carbons (Fsp3) is 0.692. The summed E-state index contributed by atoms with van der Waals surface area (Å²) in [6, 6.07) is 0. The lowest BCUT2D eigenvalue weighted by atomic mass is 9.95. The highest BCUT2D eigenvalue weighted by Gasteiger charge is 2.32. The number of aryl methyl sites for hydroxylation is 1. The molecule has 2 unspecified atom stereocenters. The lowest BCUT2D eigenvalue weighted by Gasteiger charge is -2.29. The molecule has 0 aliphatic carbocycles. The topological polar surface area (TPSA) is 81.2 Å². The minimum atomic E-state index is -0.690. The molecule has 19 heavy (non-hydrogen) atoms. The number of carbonyl (C=O) groups excluding carboxylic acids is 1. The molecule has 1 rings (SSSR count). The SMILES string of the molecule is CCCNC(C)(CC(C)Sc1nc(C)co1)C(N)=O. The van der Waals surface area contributed by atoms with Gasteiger partial charge in [-0.2, -0.15) is 0 Å². The number of hydrogen-bond acceptors (Lipinski definition) is 5. The first kappa shape index (κ1) is 16.0. The van der Waals surface area contributed by atoms with E-state index in [0.29, 0.717) is 11.6 Å². The molecular formula is C13H23N3O2S. The van der Waals surface area contributed by atoms with E-state index in [0.717, 1.165) is 18.7 Å². The Morgan fingerprint density at radius 2 is 2.37 bits per heavy atom. The van der Waals surface area contributed by atoms with Gasteiger partial charge in [-0.15, -0.1) is 0 Å². The fourth-order valence-electron chi connectivity index (χ4n) is 1.84. The van der Waals surface area contributed by atoms with E-state index >= 15 is 0 Å². The van der Waals surface area contributed by atoms with Gasteiger partial charge in [0.25, 0.3) is 5.22 Å². The van der Waals surface area contributed by atoms with E-state index < -0.39 is 5.54 Å². The first-order valence-corrected chi connectivity index (χ1v) is 7.39. The average molecular weight is 285 g/mol. The molecular weight excluding hydrogens is 262 g/mol. The second-order valence-electron chi connectivity index (χ2n) is 5.01. The van der Waals surface area contributed by atoms with Crippen molar-refractivity contribution < 1.29 is 9.21 Å². The standard InChI is InChI=1S/C13H23N3O2S/c1-5-6-15-13(4,11(14)17)7-10(3)19-12-16-9(2)8-18-12/h8,10,15H,5-7H2,1-4H3,(H2,14,17). The number of rotatable bonds is 8. The van der Waals surface area contributed by atoms with Crippen LogP contribution in [-0.2, 0) is 4.79 Å². The van der Waals surface area contributed by atoms with Crippen molar-refractivity contribution in [1.82, 2.24) is 10.3 Å². The van der Waals surface area contributed by atoms with Crippen molar-refractivity contribution >= 4 is 17.7 Å². The van der Waals surface area contributed by atoms with Gasteiger partial charge < -0.3 is 15.5 Å². The van der Waals surface area contributed by atoms with E-state index in [9.17, 15) is 4.79 Å². The Morgan fingerprint density at radius 3 is 2.84 bits per heavy atom. The van der Waals surface area contributed by atoms with Gasteiger partial charge in [0.2, 0.25) is 5.91 Å². The maximum absolute atomic E-state index is 11.6. The van der Waals surface area contributed by atoms with E-state index in [4.69, 9.17) is 10.2 Å². The summed E-state index contributed by atoms with van der Waals surface area (Å²) in [4.78, 5) is 15.9. The molecule has 5 nitrogen and oxygen atoms in total. The highest BCUT2D eigenvalue weighted by molar-refractivity contribution is 7.99. The van der Waals surface area contributed by atoms with Crippen LogP contribution in [0.5, 0.6) is 0 Å². The van der Waals surface area contributed by atoms with Gasteiger partial charge in [0.15, 0.2) is 0 Å². The molecule has 0 fully saturated rings. The smallest absolute Gasteiger partial charge is 0.256 e. The van der Waals surface area contributed by atoms with E-state index in [1.807, 2.05) is 20.8 Å². The molecule has 0 aliphatic heterocycles. The van der Waals surface area contributed by atoms with Gasteiger partial charge in [0.1, 0.15) is 6.26 Å². The van der Waals surface area contributed by atoms with Crippen LogP contribution in [0.25, 0.3) is 0 Å².